The summed E-state index contributed by atoms with van der Waals surface area (Å²) in [5.74, 6) is 1.68. The number of amides is 2. The van der Waals surface area contributed by atoms with E-state index in [4.69, 9.17) is 19.3 Å². The van der Waals surface area contributed by atoms with E-state index in [2.05, 4.69) is 15.5 Å². The number of thiophene rings is 1. The Balaban J connectivity index is 1.29. The third-order valence-corrected chi connectivity index (χ3v) is 9.99. The molecule has 6 rings (SSSR count). The standard InChI is InChI=1S/C36H36N6O5S2/c1-22-15-16-23(2)27(18-22)41-32(20-37-35(44)25-10-6-7-12-29(25)45-3)38-39-36(41)49-21-33(43)42-28(19-26(40-42)31-14-9-17-48-31)24-11-8-13-30(46-4)34(24)47-5/h6-18,28H,19-21H2,1-5H3,(H,37,44). The van der Waals surface area contributed by atoms with Crippen molar-refractivity contribution in [1.29, 1.82) is 0 Å². The number of benzene rings is 3. The number of carbonyl (C=O) groups excluding carboxylic acids is 2. The molecule has 0 saturated carbocycles. The molecular formula is C36H36N6O5S2. The van der Waals surface area contributed by atoms with E-state index in [1.807, 2.05) is 78.4 Å². The van der Waals surface area contributed by atoms with Crippen LogP contribution >= 0.6 is 23.1 Å². The first kappa shape index (κ1) is 33.7. The van der Waals surface area contributed by atoms with Crippen LogP contribution in [0.4, 0.5) is 0 Å². The molecule has 1 aliphatic rings. The lowest BCUT2D eigenvalue weighted by Crippen LogP contribution is -2.29. The molecule has 2 amide bonds. The van der Waals surface area contributed by atoms with Crippen molar-refractivity contribution < 1.29 is 23.8 Å². The summed E-state index contributed by atoms with van der Waals surface area (Å²) in [5, 5.41) is 20.8. The Hall–Kier alpha value is -5.14. The van der Waals surface area contributed by atoms with Gasteiger partial charge in [-0.3, -0.25) is 14.2 Å². The highest BCUT2D eigenvalue weighted by Gasteiger charge is 2.36. The number of hydrazone groups is 1. The van der Waals surface area contributed by atoms with Crippen molar-refractivity contribution in [3.63, 3.8) is 0 Å². The highest BCUT2D eigenvalue weighted by atomic mass is 32.2. The van der Waals surface area contributed by atoms with Crippen LogP contribution in [-0.4, -0.2) is 64.4 Å². The molecule has 0 fully saturated rings. The number of rotatable bonds is 12. The number of nitrogens with one attached hydrogen (secondary N) is 1. The van der Waals surface area contributed by atoms with E-state index in [9.17, 15) is 9.59 Å². The first-order valence-corrected chi connectivity index (χ1v) is 17.4. The normalized spacial score (nSPS) is 14.0. The van der Waals surface area contributed by atoms with Crippen LogP contribution in [0.2, 0.25) is 0 Å². The number of methoxy groups -OCH3 is 3. The van der Waals surface area contributed by atoms with Crippen LogP contribution < -0.4 is 19.5 Å². The number of aryl methyl sites for hydroxylation is 2. The summed E-state index contributed by atoms with van der Waals surface area (Å²) in [7, 11) is 4.71. The van der Waals surface area contributed by atoms with Crippen molar-refractivity contribution in [3.8, 4) is 22.9 Å². The lowest BCUT2D eigenvalue weighted by molar-refractivity contribution is -0.130. The van der Waals surface area contributed by atoms with Crippen LogP contribution in [0.15, 0.2) is 88.4 Å². The molecule has 49 heavy (non-hydrogen) atoms. The minimum absolute atomic E-state index is 0.0422. The monoisotopic (exact) mass is 696 g/mol. The third-order valence-electron chi connectivity index (χ3n) is 8.15. The van der Waals surface area contributed by atoms with Gasteiger partial charge in [-0.15, -0.1) is 21.5 Å². The van der Waals surface area contributed by atoms with E-state index in [-0.39, 0.29) is 24.1 Å². The van der Waals surface area contributed by atoms with Crippen LogP contribution in [0.25, 0.3) is 5.69 Å². The van der Waals surface area contributed by atoms with Crippen LogP contribution in [0.1, 0.15) is 50.2 Å². The van der Waals surface area contributed by atoms with Gasteiger partial charge in [0.2, 0.25) is 0 Å². The van der Waals surface area contributed by atoms with Gasteiger partial charge in [0.1, 0.15) is 5.75 Å². The molecule has 1 unspecified atom stereocenters. The molecule has 0 bridgehead atoms. The predicted molar refractivity (Wildman–Crippen MR) is 190 cm³/mol. The van der Waals surface area contributed by atoms with Crippen molar-refractivity contribution >= 4 is 40.6 Å². The molecule has 5 aromatic rings. The largest absolute Gasteiger partial charge is 0.496 e. The second-order valence-electron chi connectivity index (χ2n) is 11.3. The lowest BCUT2D eigenvalue weighted by atomic mass is 9.99. The van der Waals surface area contributed by atoms with Gasteiger partial charge < -0.3 is 19.5 Å². The third kappa shape index (κ3) is 7.03. The van der Waals surface area contributed by atoms with E-state index in [0.29, 0.717) is 40.2 Å². The second kappa shape index (κ2) is 15.0. The maximum absolute atomic E-state index is 14.1. The fourth-order valence-electron chi connectivity index (χ4n) is 5.74. The average Bonchev–Trinajstić information content (AvgIpc) is 3.90. The van der Waals surface area contributed by atoms with Crippen molar-refractivity contribution in [2.75, 3.05) is 27.1 Å². The van der Waals surface area contributed by atoms with Crippen molar-refractivity contribution in [2.24, 2.45) is 5.10 Å². The highest BCUT2D eigenvalue weighted by molar-refractivity contribution is 7.99. The molecule has 2 aromatic heterocycles. The zero-order chi connectivity index (χ0) is 34.5. The number of hydrogen-bond acceptors (Lipinski definition) is 10. The molecular weight excluding hydrogens is 661 g/mol. The highest BCUT2D eigenvalue weighted by Crippen LogP contribution is 2.42. The first-order valence-electron chi connectivity index (χ1n) is 15.5. The number of para-hydroxylation sites is 2. The Morgan fingerprint density at radius 3 is 2.49 bits per heavy atom. The Morgan fingerprint density at radius 2 is 1.73 bits per heavy atom. The predicted octanol–water partition coefficient (Wildman–Crippen LogP) is 6.37. The van der Waals surface area contributed by atoms with E-state index >= 15 is 0 Å². The molecule has 1 atom stereocenters. The molecule has 0 spiro atoms. The topological polar surface area (TPSA) is 120 Å². The van der Waals surface area contributed by atoms with E-state index in [0.717, 1.165) is 33.0 Å². The first-order chi connectivity index (χ1) is 23.8. The van der Waals surface area contributed by atoms with Gasteiger partial charge in [-0.2, -0.15) is 5.10 Å². The lowest BCUT2D eigenvalue weighted by Gasteiger charge is -2.24. The zero-order valence-electron chi connectivity index (χ0n) is 27.8. The summed E-state index contributed by atoms with van der Waals surface area (Å²) in [6.07, 6.45) is 0.523. The van der Waals surface area contributed by atoms with Gasteiger partial charge in [0.15, 0.2) is 22.5 Å². The minimum atomic E-state index is -0.395. The quantitative estimate of drug-likeness (QED) is 0.150. The summed E-state index contributed by atoms with van der Waals surface area (Å²) in [6, 6.07) is 22.4. The Labute approximate surface area is 292 Å². The number of hydrogen-bond donors (Lipinski definition) is 1. The summed E-state index contributed by atoms with van der Waals surface area (Å²) in [6.45, 7) is 4.11. The molecule has 1 N–H and O–H groups in total. The van der Waals surface area contributed by atoms with Crippen LogP contribution in [-0.2, 0) is 11.3 Å². The summed E-state index contributed by atoms with van der Waals surface area (Å²) >= 11 is 2.85. The van der Waals surface area contributed by atoms with Gasteiger partial charge in [0.05, 0.1) is 61.5 Å². The molecule has 3 aromatic carbocycles. The molecule has 0 radical (unpaired) electrons. The van der Waals surface area contributed by atoms with Gasteiger partial charge in [0.25, 0.3) is 11.8 Å². The number of carbonyl (C=O) groups is 2. The second-order valence-corrected chi connectivity index (χ2v) is 13.2. The molecule has 13 heteroatoms. The molecule has 1 aliphatic heterocycles. The Kier molecular flexibility index (Phi) is 10.3. The fraction of sp³-hybridized carbons (Fsp3) is 0.250. The minimum Gasteiger partial charge on any atom is -0.496 e. The summed E-state index contributed by atoms with van der Waals surface area (Å²) in [5.41, 5.74) is 4.95. The Morgan fingerprint density at radius 1 is 0.939 bits per heavy atom. The SMILES string of the molecule is COc1ccccc1C(=O)NCc1nnc(SCC(=O)N2N=C(c3cccs3)CC2c2cccc(OC)c2OC)n1-c1cc(C)ccc1C. The fourth-order valence-corrected chi connectivity index (χ4v) is 7.28. The van der Waals surface area contributed by atoms with Gasteiger partial charge in [-0.1, -0.05) is 54.2 Å². The Bertz CT molecular complexity index is 2010. The number of nitrogens with zero attached hydrogens (tertiary/aromatic N) is 5. The number of thioether (sulfide) groups is 1. The maximum atomic E-state index is 14.1. The molecule has 3 heterocycles. The van der Waals surface area contributed by atoms with E-state index in [1.54, 1.807) is 48.8 Å². The maximum Gasteiger partial charge on any atom is 0.255 e. The van der Waals surface area contributed by atoms with E-state index in [1.165, 1.54) is 18.9 Å². The number of aromatic nitrogens is 3. The van der Waals surface area contributed by atoms with Gasteiger partial charge >= 0.3 is 0 Å². The molecule has 11 nitrogen and oxygen atoms in total. The van der Waals surface area contributed by atoms with Crippen LogP contribution in [0.5, 0.6) is 17.2 Å². The van der Waals surface area contributed by atoms with E-state index < -0.39 is 6.04 Å². The smallest absolute Gasteiger partial charge is 0.255 e. The molecule has 252 valence electrons. The molecule has 0 aliphatic carbocycles. The van der Waals surface area contributed by atoms with Gasteiger partial charge in [-0.25, -0.2) is 5.01 Å². The van der Waals surface area contributed by atoms with Gasteiger partial charge in [0, 0.05) is 12.0 Å². The van der Waals surface area contributed by atoms with Crippen LogP contribution in [0.3, 0.4) is 0 Å². The van der Waals surface area contributed by atoms with Crippen molar-refractivity contribution in [2.45, 2.75) is 38.0 Å². The van der Waals surface area contributed by atoms with Crippen LogP contribution in [0, 0.1) is 13.8 Å². The van der Waals surface area contributed by atoms with Gasteiger partial charge in [-0.05, 0) is 60.7 Å². The summed E-state index contributed by atoms with van der Waals surface area (Å²) in [4.78, 5) is 28.2. The molecule has 0 saturated heterocycles. The summed E-state index contributed by atoms with van der Waals surface area (Å²) < 4.78 is 18.6. The van der Waals surface area contributed by atoms with Crippen molar-refractivity contribution in [3.05, 3.63) is 111 Å². The zero-order valence-corrected chi connectivity index (χ0v) is 29.4. The number of ether oxygens (including phenoxy) is 3. The van der Waals surface area contributed by atoms with Crippen molar-refractivity contribution in [1.82, 2.24) is 25.1 Å². The average molecular weight is 697 g/mol.